The van der Waals surface area contributed by atoms with Crippen molar-refractivity contribution < 1.29 is 9.53 Å². The summed E-state index contributed by atoms with van der Waals surface area (Å²) in [6, 6.07) is 26.8. The summed E-state index contributed by atoms with van der Waals surface area (Å²) < 4.78 is 8.27. The molecule has 0 aliphatic carbocycles. The van der Waals surface area contributed by atoms with Gasteiger partial charge in [0, 0.05) is 44.8 Å². The van der Waals surface area contributed by atoms with Crippen molar-refractivity contribution >= 4 is 45.7 Å². The van der Waals surface area contributed by atoms with E-state index < -0.39 is 0 Å². The summed E-state index contributed by atoms with van der Waals surface area (Å²) in [5.41, 5.74) is 5.82. The molecule has 1 saturated heterocycles. The van der Waals surface area contributed by atoms with E-state index >= 15 is 0 Å². The molecule has 0 spiro atoms. The van der Waals surface area contributed by atoms with Crippen LogP contribution in [-0.2, 0) is 0 Å². The molecule has 0 radical (unpaired) electrons. The van der Waals surface area contributed by atoms with Gasteiger partial charge < -0.3 is 24.9 Å². The summed E-state index contributed by atoms with van der Waals surface area (Å²) in [5, 5.41) is 8.43. The lowest BCUT2D eigenvalue weighted by molar-refractivity contribution is 0.102. The number of nitrogens with one attached hydrogen (secondary N) is 3. The SMILES string of the molecule is CC(c1ccc(Cl)cc1)n1cnc(-c2ccccc2)c1-c1c(C(=O)Nc2cccnc2OC2CCNC2)[nH]c2cc(Cl)ccc12. The number of anilines is 1. The molecule has 3 aromatic carbocycles. The second kappa shape index (κ2) is 12.4. The Labute approximate surface area is 270 Å². The number of nitrogens with zero attached hydrogens (tertiary/aromatic N) is 3. The zero-order chi connectivity index (χ0) is 30.9. The lowest BCUT2D eigenvalue weighted by Gasteiger charge is -2.19. The topological polar surface area (TPSA) is 96.9 Å². The molecule has 7 rings (SSSR count). The van der Waals surface area contributed by atoms with E-state index in [1.54, 1.807) is 18.3 Å². The van der Waals surface area contributed by atoms with Crippen LogP contribution in [0.2, 0.25) is 10.0 Å². The van der Waals surface area contributed by atoms with Gasteiger partial charge in [0.15, 0.2) is 0 Å². The first-order valence-corrected chi connectivity index (χ1v) is 15.5. The van der Waals surface area contributed by atoms with E-state index in [0.29, 0.717) is 32.9 Å². The maximum Gasteiger partial charge on any atom is 0.272 e. The van der Waals surface area contributed by atoms with Crippen molar-refractivity contribution in [2.24, 2.45) is 0 Å². The Hall–Kier alpha value is -4.63. The lowest BCUT2D eigenvalue weighted by Crippen LogP contribution is -2.22. The Bertz CT molecular complexity index is 1980. The van der Waals surface area contributed by atoms with Crippen LogP contribution in [0.1, 0.15) is 35.4 Å². The van der Waals surface area contributed by atoms with E-state index in [4.69, 9.17) is 32.9 Å². The largest absolute Gasteiger partial charge is 0.471 e. The van der Waals surface area contributed by atoms with E-state index in [1.165, 1.54) is 0 Å². The van der Waals surface area contributed by atoms with Gasteiger partial charge in [0.2, 0.25) is 5.88 Å². The van der Waals surface area contributed by atoms with Crippen molar-refractivity contribution in [2.75, 3.05) is 18.4 Å². The molecule has 0 saturated carbocycles. The van der Waals surface area contributed by atoms with Gasteiger partial charge in [-0.1, -0.05) is 71.7 Å². The van der Waals surface area contributed by atoms with Crippen molar-refractivity contribution in [3.05, 3.63) is 119 Å². The van der Waals surface area contributed by atoms with E-state index in [2.05, 4.69) is 32.1 Å². The maximum absolute atomic E-state index is 14.3. The van der Waals surface area contributed by atoms with Gasteiger partial charge in [-0.05, 0) is 61.9 Å². The van der Waals surface area contributed by atoms with Crippen LogP contribution in [-0.4, -0.2) is 44.6 Å². The maximum atomic E-state index is 14.3. The highest BCUT2D eigenvalue weighted by atomic mass is 35.5. The molecular weight excluding hydrogens is 607 g/mol. The predicted molar refractivity (Wildman–Crippen MR) is 179 cm³/mol. The number of fused-ring (bicyclic) bond motifs is 1. The van der Waals surface area contributed by atoms with Gasteiger partial charge in [-0.3, -0.25) is 4.79 Å². The van der Waals surface area contributed by atoms with Crippen LogP contribution < -0.4 is 15.4 Å². The molecule has 4 heterocycles. The number of aromatic amines is 1. The van der Waals surface area contributed by atoms with Crippen LogP contribution in [0.5, 0.6) is 5.88 Å². The Morgan fingerprint density at radius 1 is 1.00 bits per heavy atom. The van der Waals surface area contributed by atoms with E-state index in [9.17, 15) is 4.79 Å². The number of rotatable bonds is 8. The van der Waals surface area contributed by atoms with Gasteiger partial charge in [-0.15, -0.1) is 0 Å². The van der Waals surface area contributed by atoms with Crippen LogP contribution in [0, 0.1) is 0 Å². The minimum Gasteiger partial charge on any atom is -0.471 e. The van der Waals surface area contributed by atoms with Gasteiger partial charge in [0.1, 0.15) is 17.5 Å². The summed E-state index contributed by atoms with van der Waals surface area (Å²) in [6.07, 6.45) is 4.34. The van der Waals surface area contributed by atoms with Gasteiger partial charge in [0.05, 0.1) is 23.8 Å². The third kappa shape index (κ3) is 5.80. The fraction of sp³-hybridized carbons (Fsp3) is 0.171. The monoisotopic (exact) mass is 636 g/mol. The molecule has 6 aromatic rings. The third-order valence-electron chi connectivity index (χ3n) is 8.15. The second-order valence-electron chi connectivity index (χ2n) is 11.1. The fourth-order valence-electron chi connectivity index (χ4n) is 5.85. The molecule has 3 N–H and O–H groups in total. The first-order valence-electron chi connectivity index (χ1n) is 14.8. The molecule has 1 aliphatic rings. The first kappa shape index (κ1) is 29.1. The number of amides is 1. The molecule has 2 unspecified atom stereocenters. The molecular formula is C35H30Cl2N6O2. The summed E-state index contributed by atoms with van der Waals surface area (Å²) in [4.78, 5) is 27.0. The van der Waals surface area contributed by atoms with Gasteiger partial charge in [0.25, 0.3) is 5.91 Å². The van der Waals surface area contributed by atoms with Crippen molar-refractivity contribution in [2.45, 2.75) is 25.5 Å². The van der Waals surface area contributed by atoms with Crippen LogP contribution in [0.4, 0.5) is 5.69 Å². The van der Waals surface area contributed by atoms with Crippen molar-refractivity contribution in [1.29, 1.82) is 0 Å². The zero-order valence-corrected chi connectivity index (χ0v) is 25.9. The molecule has 1 amide bonds. The lowest BCUT2D eigenvalue weighted by atomic mass is 9.99. The molecule has 1 fully saturated rings. The summed E-state index contributed by atoms with van der Waals surface area (Å²) in [6.45, 7) is 3.72. The van der Waals surface area contributed by atoms with Gasteiger partial charge >= 0.3 is 0 Å². The highest BCUT2D eigenvalue weighted by Crippen LogP contribution is 2.41. The van der Waals surface area contributed by atoms with E-state index in [0.717, 1.165) is 52.9 Å². The number of hydrogen-bond acceptors (Lipinski definition) is 5. The van der Waals surface area contributed by atoms with Crippen LogP contribution in [0.25, 0.3) is 33.4 Å². The van der Waals surface area contributed by atoms with Gasteiger partial charge in [-0.25, -0.2) is 9.97 Å². The second-order valence-corrected chi connectivity index (χ2v) is 11.9. The number of H-pyrrole nitrogens is 1. The zero-order valence-electron chi connectivity index (χ0n) is 24.4. The molecule has 2 atom stereocenters. The number of pyridine rings is 1. The number of carbonyl (C=O) groups is 1. The van der Waals surface area contributed by atoms with Crippen LogP contribution in [0.3, 0.4) is 0 Å². The highest BCUT2D eigenvalue weighted by molar-refractivity contribution is 6.31. The Balaban J connectivity index is 1.39. The van der Waals surface area contributed by atoms with Crippen molar-refractivity contribution in [1.82, 2.24) is 24.8 Å². The molecule has 3 aromatic heterocycles. The quantitative estimate of drug-likeness (QED) is 0.157. The molecule has 0 bridgehead atoms. The highest BCUT2D eigenvalue weighted by Gasteiger charge is 2.28. The van der Waals surface area contributed by atoms with E-state index in [1.807, 2.05) is 79.1 Å². The number of halogens is 2. The smallest absolute Gasteiger partial charge is 0.272 e. The molecule has 10 heteroatoms. The Morgan fingerprint density at radius 2 is 1.80 bits per heavy atom. The number of hydrogen-bond donors (Lipinski definition) is 3. The summed E-state index contributed by atoms with van der Waals surface area (Å²) >= 11 is 12.7. The average Bonchev–Trinajstić information content (AvgIpc) is 3.81. The Kier molecular flexibility index (Phi) is 8.02. The van der Waals surface area contributed by atoms with Crippen LogP contribution >= 0.6 is 23.2 Å². The molecule has 8 nitrogen and oxygen atoms in total. The average molecular weight is 638 g/mol. The Morgan fingerprint density at radius 3 is 2.58 bits per heavy atom. The number of imidazole rings is 1. The number of aromatic nitrogens is 4. The summed E-state index contributed by atoms with van der Waals surface area (Å²) in [7, 11) is 0. The van der Waals surface area contributed by atoms with Gasteiger partial charge in [-0.2, -0.15) is 0 Å². The minimum absolute atomic E-state index is 0.0153. The molecule has 1 aliphatic heterocycles. The normalized spacial score (nSPS) is 15.3. The minimum atomic E-state index is -0.342. The number of benzene rings is 3. The first-order chi connectivity index (χ1) is 22.0. The number of ether oxygens (including phenoxy) is 1. The van der Waals surface area contributed by atoms with E-state index in [-0.39, 0.29) is 18.1 Å². The number of carbonyl (C=O) groups excluding carboxylic acids is 1. The van der Waals surface area contributed by atoms with Crippen LogP contribution in [0.15, 0.2) is 97.5 Å². The third-order valence-corrected chi connectivity index (χ3v) is 8.63. The fourth-order valence-corrected chi connectivity index (χ4v) is 6.15. The predicted octanol–water partition coefficient (Wildman–Crippen LogP) is 8.00. The van der Waals surface area contributed by atoms with Crippen molar-refractivity contribution in [3.8, 4) is 28.4 Å². The summed E-state index contributed by atoms with van der Waals surface area (Å²) in [5.74, 6) is 0.0391. The molecule has 226 valence electrons. The van der Waals surface area contributed by atoms with Crippen molar-refractivity contribution in [3.63, 3.8) is 0 Å². The standard InChI is InChI=1S/C35H30Cl2N6O2/c1-21(22-9-11-24(36)12-10-22)43-20-40-31(23-6-3-2-4-7-23)33(43)30-27-14-13-25(37)18-29(27)41-32(30)34(44)42-28-8-5-16-39-35(28)45-26-15-17-38-19-26/h2-14,16,18,20-21,26,38,41H,15,17,19H2,1H3,(H,42,44). The molecule has 45 heavy (non-hydrogen) atoms.